The van der Waals surface area contributed by atoms with E-state index in [0.29, 0.717) is 17.2 Å². The number of benzene rings is 1. The molecule has 0 aliphatic rings. The Hall–Kier alpha value is -1.38. The SMILES string of the molecule is COc1cccc(OC(C)(C)C)c1OC. The fraction of sp³-hybridized carbons (Fsp3) is 0.500. The molecular weight excluding hydrogens is 192 g/mol. The van der Waals surface area contributed by atoms with Gasteiger partial charge >= 0.3 is 0 Å². The fourth-order valence-corrected chi connectivity index (χ4v) is 1.27. The molecule has 0 amide bonds. The van der Waals surface area contributed by atoms with Crippen LogP contribution in [0.5, 0.6) is 17.2 Å². The smallest absolute Gasteiger partial charge is 0.203 e. The van der Waals surface area contributed by atoms with E-state index in [2.05, 4.69) is 0 Å². The number of para-hydroxylation sites is 1. The molecular formula is C12H18O3. The molecule has 0 fully saturated rings. The second-order valence-electron chi connectivity index (χ2n) is 4.21. The van der Waals surface area contributed by atoms with Gasteiger partial charge in [-0.15, -0.1) is 0 Å². The highest BCUT2D eigenvalue weighted by Crippen LogP contribution is 2.38. The van der Waals surface area contributed by atoms with Crippen LogP contribution < -0.4 is 14.2 Å². The lowest BCUT2D eigenvalue weighted by atomic mass is 10.2. The lowest BCUT2D eigenvalue weighted by molar-refractivity contribution is 0.124. The summed E-state index contributed by atoms with van der Waals surface area (Å²) in [5.74, 6) is 2.01. The van der Waals surface area contributed by atoms with Crippen LogP contribution in [0.3, 0.4) is 0 Å². The molecule has 0 bridgehead atoms. The first-order valence-electron chi connectivity index (χ1n) is 4.88. The summed E-state index contributed by atoms with van der Waals surface area (Å²) >= 11 is 0. The van der Waals surface area contributed by atoms with Gasteiger partial charge in [0.25, 0.3) is 0 Å². The average molecular weight is 210 g/mol. The van der Waals surface area contributed by atoms with Gasteiger partial charge in [-0.2, -0.15) is 0 Å². The van der Waals surface area contributed by atoms with Crippen LogP contribution in [0.4, 0.5) is 0 Å². The van der Waals surface area contributed by atoms with Crippen LogP contribution in [0.15, 0.2) is 18.2 Å². The van der Waals surface area contributed by atoms with Crippen molar-refractivity contribution in [1.82, 2.24) is 0 Å². The Morgan fingerprint density at radius 3 is 2.00 bits per heavy atom. The molecule has 1 rings (SSSR count). The second-order valence-corrected chi connectivity index (χ2v) is 4.21. The number of hydrogen-bond acceptors (Lipinski definition) is 3. The second kappa shape index (κ2) is 4.43. The monoisotopic (exact) mass is 210 g/mol. The summed E-state index contributed by atoms with van der Waals surface area (Å²) in [5.41, 5.74) is -0.250. The molecule has 0 radical (unpaired) electrons. The molecule has 0 atom stereocenters. The number of rotatable bonds is 3. The lowest BCUT2D eigenvalue weighted by Gasteiger charge is -2.23. The molecule has 0 aromatic heterocycles. The predicted octanol–water partition coefficient (Wildman–Crippen LogP) is 2.88. The Bertz CT molecular complexity index is 326. The predicted molar refractivity (Wildman–Crippen MR) is 59.9 cm³/mol. The Balaban J connectivity index is 3.06. The quantitative estimate of drug-likeness (QED) is 0.767. The van der Waals surface area contributed by atoms with E-state index < -0.39 is 0 Å². The minimum atomic E-state index is -0.250. The molecule has 1 aromatic carbocycles. The molecule has 84 valence electrons. The molecule has 15 heavy (non-hydrogen) atoms. The Kier molecular flexibility index (Phi) is 3.45. The van der Waals surface area contributed by atoms with E-state index in [1.54, 1.807) is 14.2 Å². The van der Waals surface area contributed by atoms with Gasteiger partial charge < -0.3 is 14.2 Å². The van der Waals surface area contributed by atoms with Crippen LogP contribution in [0.2, 0.25) is 0 Å². The first-order valence-corrected chi connectivity index (χ1v) is 4.88. The van der Waals surface area contributed by atoms with Crippen molar-refractivity contribution in [2.45, 2.75) is 26.4 Å². The minimum absolute atomic E-state index is 0.250. The largest absolute Gasteiger partial charge is 0.493 e. The molecule has 0 unspecified atom stereocenters. The maximum Gasteiger partial charge on any atom is 0.203 e. The summed E-state index contributed by atoms with van der Waals surface area (Å²) in [4.78, 5) is 0. The van der Waals surface area contributed by atoms with Gasteiger partial charge in [0.1, 0.15) is 5.60 Å². The van der Waals surface area contributed by atoms with Gasteiger partial charge in [0, 0.05) is 0 Å². The van der Waals surface area contributed by atoms with Crippen molar-refractivity contribution in [3.63, 3.8) is 0 Å². The van der Waals surface area contributed by atoms with Crippen molar-refractivity contribution in [2.75, 3.05) is 14.2 Å². The first kappa shape index (κ1) is 11.7. The molecule has 0 saturated carbocycles. The third kappa shape index (κ3) is 3.05. The van der Waals surface area contributed by atoms with Crippen molar-refractivity contribution in [3.05, 3.63) is 18.2 Å². The van der Waals surface area contributed by atoms with Crippen LogP contribution in [0.25, 0.3) is 0 Å². The number of methoxy groups -OCH3 is 2. The van der Waals surface area contributed by atoms with Crippen molar-refractivity contribution in [2.24, 2.45) is 0 Å². The van der Waals surface area contributed by atoms with E-state index in [-0.39, 0.29) is 5.60 Å². The Labute approximate surface area is 91.0 Å². The lowest BCUT2D eigenvalue weighted by Crippen LogP contribution is -2.23. The van der Waals surface area contributed by atoms with E-state index in [4.69, 9.17) is 14.2 Å². The van der Waals surface area contributed by atoms with Crippen LogP contribution in [0, 0.1) is 0 Å². The Morgan fingerprint density at radius 2 is 1.53 bits per heavy atom. The topological polar surface area (TPSA) is 27.7 Å². The maximum atomic E-state index is 5.76. The first-order chi connectivity index (χ1) is 6.98. The number of hydrogen-bond donors (Lipinski definition) is 0. The highest BCUT2D eigenvalue weighted by atomic mass is 16.5. The van der Waals surface area contributed by atoms with Gasteiger partial charge in [0.2, 0.25) is 5.75 Å². The third-order valence-electron chi connectivity index (χ3n) is 1.78. The van der Waals surface area contributed by atoms with E-state index in [0.717, 1.165) is 0 Å². The molecule has 0 saturated heterocycles. The maximum absolute atomic E-state index is 5.76. The zero-order valence-corrected chi connectivity index (χ0v) is 9.96. The molecule has 3 nitrogen and oxygen atoms in total. The highest BCUT2D eigenvalue weighted by molar-refractivity contribution is 5.51. The van der Waals surface area contributed by atoms with Crippen molar-refractivity contribution in [3.8, 4) is 17.2 Å². The highest BCUT2D eigenvalue weighted by Gasteiger charge is 2.17. The van der Waals surface area contributed by atoms with Gasteiger partial charge in [0.05, 0.1) is 14.2 Å². The Morgan fingerprint density at radius 1 is 0.933 bits per heavy atom. The van der Waals surface area contributed by atoms with Gasteiger partial charge in [-0.25, -0.2) is 0 Å². The molecule has 0 N–H and O–H groups in total. The summed E-state index contributed by atoms with van der Waals surface area (Å²) in [7, 11) is 3.21. The fourth-order valence-electron chi connectivity index (χ4n) is 1.27. The third-order valence-corrected chi connectivity index (χ3v) is 1.78. The van der Waals surface area contributed by atoms with E-state index in [1.165, 1.54) is 0 Å². The summed E-state index contributed by atoms with van der Waals surface area (Å²) < 4.78 is 16.2. The van der Waals surface area contributed by atoms with Gasteiger partial charge in [-0.05, 0) is 32.9 Å². The van der Waals surface area contributed by atoms with Crippen LogP contribution in [-0.4, -0.2) is 19.8 Å². The standard InChI is InChI=1S/C12H18O3/c1-12(2,3)15-10-8-6-7-9(13-4)11(10)14-5/h6-8H,1-5H3. The zero-order chi connectivity index (χ0) is 11.5. The van der Waals surface area contributed by atoms with Crippen molar-refractivity contribution < 1.29 is 14.2 Å². The summed E-state index contributed by atoms with van der Waals surface area (Å²) in [5, 5.41) is 0. The van der Waals surface area contributed by atoms with Crippen LogP contribution in [0.1, 0.15) is 20.8 Å². The van der Waals surface area contributed by atoms with Gasteiger partial charge in [-0.3, -0.25) is 0 Å². The minimum Gasteiger partial charge on any atom is -0.493 e. The van der Waals surface area contributed by atoms with Crippen LogP contribution >= 0.6 is 0 Å². The van der Waals surface area contributed by atoms with E-state index >= 15 is 0 Å². The summed E-state index contributed by atoms with van der Waals surface area (Å²) in [6, 6.07) is 5.59. The number of ether oxygens (including phenoxy) is 3. The summed E-state index contributed by atoms with van der Waals surface area (Å²) in [6.07, 6.45) is 0. The summed E-state index contributed by atoms with van der Waals surface area (Å²) in [6.45, 7) is 5.98. The van der Waals surface area contributed by atoms with E-state index in [9.17, 15) is 0 Å². The van der Waals surface area contributed by atoms with Crippen molar-refractivity contribution in [1.29, 1.82) is 0 Å². The molecule has 1 aromatic rings. The molecule has 0 spiro atoms. The normalized spacial score (nSPS) is 11.0. The molecule has 3 heteroatoms. The molecule has 0 heterocycles. The molecule has 0 aliphatic heterocycles. The molecule has 0 aliphatic carbocycles. The average Bonchev–Trinajstić information content (AvgIpc) is 2.15. The van der Waals surface area contributed by atoms with Gasteiger partial charge in [-0.1, -0.05) is 6.07 Å². The van der Waals surface area contributed by atoms with Gasteiger partial charge in [0.15, 0.2) is 11.5 Å². The van der Waals surface area contributed by atoms with E-state index in [1.807, 2.05) is 39.0 Å². The van der Waals surface area contributed by atoms with Crippen LogP contribution in [-0.2, 0) is 0 Å². The van der Waals surface area contributed by atoms with Crippen molar-refractivity contribution >= 4 is 0 Å². The zero-order valence-electron chi connectivity index (χ0n) is 9.96.